The molecule has 10 heteroatoms. The number of aryl methyl sites for hydroxylation is 1. The van der Waals surface area contributed by atoms with E-state index in [1.54, 1.807) is 12.4 Å². The number of anilines is 2. The van der Waals surface area contributed by atoms with Crippen LogP contribution in [0.4, 0.5) is 11.8 Å². The molecule has 5 atom stereocenters. The highest BCUT2D eigenvalue weighted by molar-refractivity contribution is 7.21. The van der Waals surface area contributed by atoms with Gasteiger partial charge in [-0.2, -0.15) is 4.98 Å². The molecule has 39 heavy (non-hydrogen) atoms. The number of nitrogens with zero attached hydrogens (tertiary/aromatic N) is 4. The van der Waals surface area contributed by atoms with E-state index < -0.39 is 24.2 Å². The van der Waals surface area contributed by atoms with Gasteiger partial charge in [0.05, 0.1) is 34.3 Å². The third-order valence-electron chi connectivity index (χ3n) is 8.36. The van der Waals surface area contributed by atoms with Crippen molar-refractivity contribution in [1.29, 1.82) is 0 Å². The standard InChI is InChI=1S/C29H34N6O3S/c1-15(18-10-19(11-18)17-6-4-3-5-7-17)31-29-32-16(2)24(28-34-22-13-30-9-8-23(22)39-28)27(35-29)33-21-12-20(14-36)25(37)26(21)38/h3-9,13,15,18-21,25-26,36-38H,10-12,14H2,1-2H3,(H2,31,32,33,35)/t15-,18?,19?,20-,21-,25-,26+/m1/s1. The third-order valence-corrected chi connectivity index (χ3v) is 9.42. The molecule has 6 rings (SSSR count). The minimum Gasteiger partial charge on any atom is -0.396 e. The van der Waals surface area contributed by atoms with E-state index in [1.165, 1.54) is 16.9 Å². The molecule has 0 aliphatic heterocycles. The molecule has 0 bridgehead atoms. The van der Waals surface area contributed by atoms with Gasteiger partial charge in [-0.15, -0.1) is 11.3 Å². The molecule has 0 saturated heterocycles. The maximum absolute atomic E-state index is 10.7. The van der Waals surface area contributed by atoms with Crippen LogP contribution in [0.15, 0.2) is 48.8 Å². The number of rotatable bonds is 8. The van der Waals surface area contributed by atoms with Gasteiger partial charge in [-0.05, 0) is 56.6 Å². The topological polar surface area (TPSA) is 136 Å². The molecule has 4 aromatic rings. The van der Waals surface area contributed by atoms with Gasteiger partial charge in [0.1, 0.15) is 22.4 Å². The van der Waals surface area contributed by atoms with E-state index in [-0.39, 0.29) is 12.6 Å². The molecule has 9 nitrogen and oxygen atoms in total. The van der Waals surface area contributed by atoms with Crippen molar-refractivity contribution < 1.29 is 15.3 Å². The summed E-state index contributed by atoms with van der Waals surface area (Å²) in [5, 5.41) is 38.4. The lowest BCUT2D eigenvalue weighted by Crippen LogP contribution is -2.37. The Morgan fingerprint density at radius 2 is 1.82 bits per heavy atom. The predicted molar refractivity (Wildman–Crippen MR) is 153 cm³/mol. The zero-order valence-electron chi connectivity index (χ0n) is 22.0. The van der Waals surface area contributed by atoms with E-state index >= 15 is 0 Å². The highest BCUT2D eigenvalue weighted by Crippen LogP contribution is 2.44. The first-order valence-corrected chi connectivity index (χ1v) is 14.4. The summed E-state index contributed by atoms with van der Waals surface area (Å²) >= 11 is 1.54. The van der Waals surface area contributed by atoms with Crippen LogP contribution in [0.5, 0.6) is 0 Å². The van der Waals surface area contributed by atoms with Gasteiger partial charge >= 0.3 is 0 Å². The van der Waals surface area contributed by atoms with Gasteiger partial charge in [-0.1, -0.05) is 30.3 Å². The largest absolute Gasteiger partial charge is 0.396 e. The number of benzene rings is 1. The van der Waals surface area contributed by atoms with E-state index in [1.807, 2.05) is 13.0 Å². The molecule has 0 amide bonds. The zero-order chi connectivity index (χ0) is 27.1. The lowest BCUT2D eigenvalue weighted by Gasteiger charge is -2.39. The molecule has 0 radical (unpaired) electrons. The van der Waals surface area contributed by atoms with Crippen molar-refractivity contribution in [3.8, 4) is 10.6 Å². The Morgan fingerprint density at radius 1 is 1.03 bits per heavy atom. The number of aromatic nitrogens is 4. The van der Waals surface area contributed by atoms with Crippen LogP contribution in [-0.4, -0.2) is 66.2 Å². The molecule has 0 unspecified atom stereocenters. The van der Waals surface area contributed by atoms with Gasteiger partial charge in [0.15, 0.2) is 0 Å². The van der Waals surface area contributed by atoms with Gasteiger partial charge in [0.2, 0.25) is 5.95 Å². The van der Waals surface area contributed by atoms with E-state index in [0.717, 1.165) is 39.3 Å². The molecule has 2 saturated carbocycles. The monoisotopic (exact) mass is 546 g/mol. The number of hydrogen-bond donors (Lipinski definition) is 5. The zero-order valence-corrected chi connectivity index (χ0v) is 22.8. The van der Waals surface area contributed by atoms with Crippen molar-refractivity contribution in [1.82, 2.24) is 19.9 Å². The first kappa shape index (κ1) is 26.1. The van der Waals surface area contributed by atoms with Crippen LogP contribution in [0.3, 0.4) is 0 Å². The average molecular weight is 547 g/mol. The summed E-state index contributed by atoms with van der Waals surface area (Å²) in [6, 6.07) is 12.3. The summed E-state index contributed by atoms with van der Waals surface area (Å²) in [6.07, 6.45) is 4.12. The Bertz CT molecular complexity index is 1410. The second-order valence-electron chi connectivity index (χ2n) is 10.9. The highest BCUT2D eigenvalue weighted by atomic mass is 32.1. The van der Waals surface area contributed by atoms with Crippen LogP contribution >= 0.6 is 11.3 Å². The van der Waals surface area contributed by atoms with E-state index in [4.69, 9.17) is 15.0 Å². The Labute approximate surface area is 231 Å². The van der Waals surface area contributed by atoms with Gasteiger partial charge in [-0.25, -0.2) is 9.97 Å². The van der Waals surface area contributed by atoms with Crippen LogP contribution in [0.1, 0.15) is 43.4 Å². The van der Waals surface area contributed by atoms with E-state index in [2.05, 4.69) is 52.9 Å². The smallest absolute Gasteiger partial charge is 0.225 e. The van der Waals surface area contributed by atoms with Crippen LogP contribution in [-0.2, 0) is 0 Å². The van der Waals surface area contributed by atoms with Crippen LogP contribution in [0.25, 0.3) is 20.8 Å². The van der Waals surface area contributed by atoms with Crippen LogP contribution in [0, 0.1) is 18.8 Å². The van der Waals surface area contributed by atoms with Crippen LogP contribution in [0.2, 0.25) is 0 Å². The second-order valence-corrected chi connectivity index (χ2v) is 11.9. The number of hydrogen-bond acceptors (Lipinski definition) is 10. The fraction of sp³-hybridized carbons (Fsp3) is 0.448. The molecular weight excluding hydrogens is 512 g/mol. The number of aliphatic hydroxyl groups excluding tert-OH is 3. The normalized spacial score (nSPS) is 27.3. The van der Waals surface area contributed by atoms with Gasteiger partial charge in [-0.3, -0.25) is 4.98 Å². The number of thiazole rings is 1. The second kappa shape index (κ2) is 10.8. The Balaban J connectivity index is 1.27. The Kier molecular flexibility index (Phi) is 7.20. The lowest BCUT2D eigenvalue weighted by molar-refractivity contribution is 0.00446. The highest BCUT2D eigenvalue weighted by Gasteiger charge is 2.42. The minimum atomic E-state index is -1.02. The molecule has 0 spiro atoms. The molecule has 2 aliphatic rings. The maximum Gasteiger partial charge on any atom is 0.225 e. The fourth-order valence-electron chi connectivity index (χ4n) is 5.90. The molecule has 204 valence electrons. The molecule has 3 heterocycles. The molecule has 3 aromatic heterocycles. The molecule has 2 aliphatic carbocycles. The summed E-state index contributed by atoms with van der Waals surface area (Å²) in [5.74, 6) is 1.78. The molecular formula is C29H34N6O3S. The van der Waals surface area contributed by atoms with Crippen molar-refractivity contribution in [2.45, 2.75) is 63.3 Å². The Hall–Kier alpha value is -3.18. The van der Waals surface area contributed by atoms with Crippen LogP contribution < -0.4 is 10.6 Å². The van der Waals surface area contributed by atoms with E-state index in [0.29, 0.717) is 30.0 Å². The summed E-state index contributed by atoms with van der Waals surface area (Å²) < 4.78 is 1.01. The van der Waals surface area contributed by atoms with E-state index in [9.17, 15) is 15.3 Å². The molecule has 5 N–H and O–H groups in total. The summed E-state index contributed by atoms with van der Waals surface area (Å²) in [6.45, 7) is 3.93. The van der Waals surface area contributed by atoms with Crippen molar-refractivity contribution in [3.05, 3.63) is 60.0 Å². The number of fused-ring (bicyclic) bond motifs is 1. The molecule has 1 aromatic carbocycles. The Morgan fingerprint density at radius 3 is 2.54 bits per heavy atom. The van der Waals surface area contributed by atoms with Crippen molar-refractivity contribution >= 4 is 33.3 Å². The predicted octanol–water partition coefficient (Wildman–Crippen LogP) is 3.97. The van der Waals surface area contributed by atoms with Crippen molar-refractivity contribution in [2.24, 2.45) is 11.8 Å². The quantitative estimate of drug-likeness (QED) is 0.222. The van der Waals surface area contributed by atoms with Gasteiger partial charge in [0, 0.05) is 24.8 Å². The number of nitrogens with one attached hydrogen (secondary N) is 2. The SMILES string of the molecule is Cc1nc(N[C@H](C)C2CC(c3ccccc3)C2)nc(N[C@@H]2C[C@H](CO)[C@@H](O)[C@H]2O)c1-c1nc2cnccc2s1. The summed E-state index contributed by atoms with van der Waals surface area (Å²) in [7, 11) is 0. The first-order valence-electron chi connectivity index (χ1n) is 13.6. The minimum absolute atomic E-state index is 0.188. The summed E-state index contributed by atoms with van der Waals surface area (Å²) in [5.41, 5.74) is 3.72. The average Bonchev–Trinajstić information content (AvgIpc) is 3.44. The van der Waals surface area contributed by atoms with Gasteiger partial charge in [0.25, 0.3) is 0 Å². The number of aliphatic hydroxyl groups is 3. The van der Waals surface area contributed by atoms with Crippen molar-refractivity contribution in [2.75, 3.05) is 17.2 Å². The van der Waals surface area contributed by atoms with Crippen molar-refractivity contribution in [3.63, 3.8) is 0 Å². The lowest BCUT2D eigenvalue weighted by atomic mass is 9.68. The molecule has 2 fully saturated rings. The first-order chi connectivity index (χ1) is 18.9. The number of pyridine rings is 1. The van der Waals surface area contributed by atoms with Gasteiger partial charge < -0.3 is 26.0 Å². The maximum atomic E-state index is 10.7. The fourth-order valence-corrected chi connectivity index (χ4v) is 6.93. The summed E-state index contributed by atoms with van der Waals surface area (Å²) in [4.78, 5) is 18.7. The third kappa shape index (κ3) is 5.09.